The molecule has 0 fully saturated rings. The van der Waals surface area contributed by atoms with Gasteiger partial charge in [0.1, 0.15) is 6.23 Å². The standard InChI is InChI=1S/C34H72NO4P/c1-5-9-12-15-18-21-24-27-30-33-38-40(36,37)39-34(8-4)35(31-28-25-22-19-16-13-10-6-2)32-29-26-23-20-17-14-11-7-3/h34H,5-33H2,1-4H3,(H,36,37). The molecular formula is C34H72NO4P. The number of hydrogen-bond acceptors (Lipinski definition) is 4. The highest BCUT2D eigenvalue weighted by molar-refractivity contribution is 7.47. The summed E-state index contributed by atoms with van der Waals surface area (Å²) in [6.45, 7) is 11.0. The van der Waals surface area contributed by atoms with E-state index in [1.165, 1.54) is 135 Å². The second-order valence-corrected chi connectivity index (χ2v) is 13.5. The number of unbranched alkanes of at least 4 members (excludes halogenated alkanes) is 22. The summed E-state index contributed by atoms with van der Waals surface area (Å²) in [5.74, 6) is 0. The van der Waals surface area contributed by atoms with Crippen molar-refractivity contribution in [2.24, 2.45) is 0 Å². The summed E-state index contributed by atoms with van der Waals surface area (Å²) in [6.07, 6.45) is 31.9. The number of phosphoric acid groups is 1. The molecule has 5 nitrogen and oxygen atoms in total. The van der Waals surface area contributed by atoms with Crippen LogP contribution in [0.2, 0.25) is 0 Å². The number of phosphoric ester groups is 1. The van der Waals surface area contributed by atoms with Gasteiger partial charge >= 0.3 is 7.82 Å². The zero-order valence-electron chi connectivity index (χ0n) is 27.6. The lowest BCUT2D eigenvalue weighted by atomic mass is 10.1. The molecule has 0 rings (SSSR count). The number of rotatable bonds is 33. The Morgan fingerprint density at radius 1 is 0.525 bits per heavy atom. The normalized spacial score (nSPS) is 14.2. The van der Waals surface area contributed by atoms with Crippen molar-refractivity contribution in [1.82, 2.24) is 4.90 Å². The Morgan fingerprint density at radius 2 is 0.850 bits per heavy atom. The Labute approximate surface area is 251 Å². The predicted octanol–water partition coefficient (Wildman–Crippen LogP) is 12.0. The van der Waals surface area contributed by atoms with Gasteiger partial charge in [0, 0.05) is 13.1 Å². The average Bonchev–Trinajstić information content (AvgIpc) is 2.94. The molecule has 0 aliphatic heterocycles. The van der Waals surface area contributed by atoms with Crippen molar-refractivity contribution in [1.29, 1.82) is 0 Å². The van der Waals surface area contributed by atoms with Crippen LogP contribution < -0.4 is 0 Å². The van der Waals surface area contributed by atoms with Gasteiger partial charge in [0.05, 0.1) is 6.61 Å². The predicted molar refractivity (Wildman–Crippen MR) is 175 cm³/mol. The lowest BCUT2D eigenvalue weighted by Crippen LogP contribution is -2.38. The van der Waals surface area contributed by atoms with E-state index in [2.05, 4.69) is 32.6 Å². The van der Waals surface area contributed by atoms with Crippen LogP contribution in [-0.4, -0.2) is 35.7 Å². The van der Waals surface area contributed by atoms with E-state index < -0.39 is 7.82 Å². The van der Waals surface area contributed by atoms with Gasteiger partial charge in [-0.3, -0.25) is 13.9 Å². The first-order valence-electron chi connectivity index (χ1n) is 17.9. The molecule has 0 bridgehead atoms. The van der Waals surface area contributed by atoms with Crippen molar-refractivity contribution in [2.45, 2.75) is 201 Å². The van der Waals surface area contributed by atoms with Crippen molar-refractivity contribution >= 4 is 7.82 Å². The van der Waals surface area contributed by atoms with E-state index in [4.69, 9.17) is 9.05 Å². The van der Waals surface area contributed by atoms with Gasteiger partial charge in [-0.1, -0.05) is 169 Å². The lowest BCUT2D eigenvalue weighted by molar-refractivity contribution is -0.00917. The minimum absolute atomic E-state index is 0.302. The second kappa shape index (κ2) is 30.5. The number of hydrogen-bond donors (Lipinski definition) is 1. The third-order valence-electron chi connectivity index (χ3n) is 8.11. The van der Waals surface area contributed by atoms with Gasteiger partial charge in [-0.15, -0.1) is 0 Å². The summed E-state index contributed by atoms with van der Waals surface area (Å²) in [6, 6.07) is 0. The second-order valence-electron chi connectivity index (χ2n) is 12.1. The van der Waals surface area contributed by atoms with Crippen molar-refractivity contribution in [3.8, 4) is 0 Å². The highest BCUT2D eigenvalue weighted by Gasteiger charge is 2.29. The maximum absolute atomic E-state index is 12.8. The Kier molecular flexibility index (Phi) is 30.6. The van der Waals surface area contributed by atoms with E-state index >= 15 is 0 Å². The van der Waals surface area contributed by atoms with Gasteiger partial charge in [0.15, 0.2) is 0 Å². The molecule has 0 saturated heterocycles. The summed E-state index contributed by atoms with van der Waals surface area (Å²) in [7, 11) is -4.06. The van der Waals surface area contributed by atoms with Gasteiger partial charge in [0.2, 0.25) is 0 Å². The zero-order valence-corrected chi connectivity index (χ0v) is 28.5. The van der Waals surface area contributed by atoms with E-state index in [0.29, 0.717) is 13.0 Å². The Bertz CT molecular complexity index is 528. The first-order chi connectivity index (χ1) is 19.5. The van der Waals surface area contributed by atoms with Crippen LogP contribution in [0.15, 0.2) is 0 Å². The van der Waals surface area contributed by atoms with Crippen LogP contribution >= 0.6 is 7.82 Å². The minimum atomic E-state index is -4.06. The molecule has 2 unspecified atom stereocenters. The Balaban J connectivity index is 4.48. The monoisotopic (exact) mass is 590 g/mol. The molecule has 2 atom stereocenters. The number of nitrogens with zero attached hydrogens (tertiary/aromatic N) is 1. The molecule has 0 saturated carbocycles. The third kappa shape index (κ3) is 26.9. The van der Waals surface area contributed by atoms with Crippen LogP contribution in [0, 0.1) is 0 Å². The molecule has 0 aliphatic rings. The maximum Gasteiger partial charge on any atom is 0.473 e. The average molecular weight is 590 g/mol. The van der Waals surface area contributed by atoms with Crippen molar-refractivity contribution < 1.29 is 18.5 Å². The Morgan fingerprint density at radius 3 is 1.20 bits per heavy atom. The van der Waals surface area contributed by atoms with Gasteiger partial charge in [-0.25, -0.2) is 4.57 Å². The molecule has 0 aliphatic carbocycles. The first kappa shape index (κ1) is 40.1. The van der Waals surface area contributed by atoms with Crippen LogP contribution in [0.5, 0.6) is 0 Å². The lowest BCUT2D eigenvalue weighted by Gasteiger charge is -2.32. The fourth-order valence-corrected chi connectivity index (χ4v) is 6.48. The summed E-state index contributed by atoms with van der Waals surface area (Å²) in [5, 5.41) is 0. The largest absolute Gasteiger partial charge is 0.473 e. The fourth-order valence-electron chi connectivity index (χ4n) is 5.47. The van der Waals surface area contributed by atoms with E-state index in [1.807, 2.05) is 0 Å². The molecule has 6 heteroatoms. The molecule has 0 amide bonds. The molecular weight excluding hydrogens is 517 g/mol. The molecule has 1 N–H and O–H groups in total. The topological polar surface area (TPSA) is 59.0 Å². The molecule has 0 aromatic heterocycles. The van der Waals surface area contributed by atoms with Crippen LogP contribution in [0.4, 0.5) is 0 Å². The summed E-state index contributed by atoms with van der Waals surface area (Å²) < 4.78 is 24.0. The quantitative estimate of drug-likeness (QED) is 0.0469. The highest BCUT2D eigenvalue weighted by atomic mass is 31.2. The van der Waals surface area contributed by atoms with Crippen molar-refractivity contribution in [3.05, 3.63) is 0 Å². The summed E-state index contributed by atoms with van der Waals surface area (Å²) in [4.78, 5) is 12.8. The SMILES string of the molecule is CCCCCCCCCCCOP(=O)(O)OC(CC)N(CCCCCCCCCC)CCCCCCCCCC. The molecule has 0 aromatic carbocycles. The third-order valence-corrected chi connectivity index (χ3v) is 9.13. The van der Waals surface area contributed by atoms with Crippen molar-refractivity contribution in [2.75, 3.05) is 19.7 Å². The molecule has 0 heterocycles. The van der Waals surface area contributed by atoms with Gasteiger partial charge < -0.3 is 4.89 Å². The molecule has 0 radical (unpaired) electrons. The Hall–Kier alpha value is 0.0700. The van der Waals surface area contributed by atoms with Gasteiger partial charge in [-0.2, -0.15) is 0 Å². The van der Waals surface area contributed by atoms with E-state index in [9.17, 15) is 9.46 Å². The highest BCUT2D eigenvalue weighted by Crippen LogP contribution is 2.45. The summed E-state index contributed by atoms with van der Waals surface area (Å²) in [5.41, 5.74) is 0. The molecule has 242 valence electrons. The van der Waals surface area contributed by atoms with E-state index in [-0.39, 0.29) is 6.23 Å². The zero-order chi connectivity index (χ0) is 29.6. The first-order valence-corrected chi connectivity index (χ1v) is 19.4. The minimum Gasteiger partial charge on any atom is -0.302 e. The van der Waals surface area contributed by atoms with Crippen LogP contribution in [0.3, 0.4) is 0 Å². The van der Waals surface area contributed by atoms with Crippen LogP contribution in [0.1, 0.15) is 195 Å². The fraction of sp³-hybridized carbons (Fsp3) is 1.00. The van der Waals surface area contributed by atoms with Crippen LogP contribution in [-0.2, 0) is 13.6 Å². The van der Waals surface area contributed by atoms with Gasteiger partial charge in [-0.05, 0) is 25.7 Å². The van der Waals surface area contributed by atoms with E-state index in [0.717, 1.165) is 38.8 Å². The van der Waals surface area contributed by atoms with Crippen LogP contribution in [0.25, 0.3) is 0 Å². The van der Waals surface area contributed by atoms with Gasteiger partial charge in [0.25, 0.3) is 0 Å². The summed E-state index contributed by atoms with van der Waals surface area (Å²) >= 11 is 0. The molecule has 40 heavy (non-hydrogen) atoms. The molecule has 0 spiro atoms. The smallest absolute Gasteiger partial charge is 0.302 e. The van der Waals surface area contributed by atoms with E-state index in [1.54, 1.807) is 0 Å². The maximum atomic E-state index is 12.8. The molecule has 0 aromatic rings. The van der Waals surface area contributed by atoms with Crippen molar-refractivity contribution in [3.63, 3.8) is 0 Å².